The third-order valence-corrected chi connectivity index (χ3v) is 3.90. The monoisotopic (exact) mass is 485 g/mol. The lowest BCUT2D eigenvalue weighted by Gasteiger charge is -2.21. The van der Waals surface area contributed by atoms with E-state index in [-0.39, 0.29) is 41.6 Å². The molecule has 1 fully saturated rings. The van der Waals surface area contributed by atoms with Crippen LogP contribution in [0, 0.1) is 0 Å². The SMILES string of the molecule is CCNC(=NCCc1ccc(OC)c(OC(F)F)c1)N1CC[C@@H](O)C1.I. The van der Waals surface area contributed by atoms with Crippen LogP contribution < -0.4 is 14.8 Å². The first kappa shape index (κ1) is 22.7. The second-order valence-electron chi connectivity index (χ2n) is 5.74. The van der Waals surface area contributed by atoms with Gasteiger partial charge in [0.25, 0.3) is 0 Å². The third kappa shape index (κ3) is 6.75. The maximum atomic E-state index is 12.5. The molecule has 1 aromatic rings. The minimum absolute atomic E-state index is 0. The first-order valence-electron chi connectivity index (χ1n) is 8.36. The number of halogens is 3. The number of nitrogens with one attached hydrogen (secondary N) is 1. The Morgan fingerprint density at radius 1 is 1.42 bits per heavy atom. The number of hydrogen-bond acceptors (Lipinski definition) is 4. The van der Waals surface area contributed by atoms with Gasteiger partial charge in [0.1, 0.15) is 0 Å². The quantitative estimate of drug-likeness (QED) is 0.353. The van der Waals surface area contributed by atoms with Gasteiger partial charge in [0.2, 0.25) is 0 Å². The zero-order valence-corrected chi connectivity index (χ0v) is 17.3. The minimum Gasteiger partial charge on any atom is -0.493 e. The Bertz CT molecular complexity index is 590. The fourth-order valence-corrected chi connectivity index (χ4v) is 2.72. The van der Waals surface area contributed by atoms with Crippen molar-refractivity contribution in [1.82, 2.24) is 10.2 Å². The number of guanidine groups is 1. The number of aliphatic hydroxyl groups is 1. The Morgan fingerprint density at radius 3 is 2.77 bits per heavy atom. The van der Waals surface area contributed by atoms with Gasteiger partial charge in [0.15, 0.2) is 17.5 Å². The van der Waals surface area contributed by atoms with Crippen molar-refractivity contribution in [2.75, 3.05) is 33.3 Å². The Kier molecular flexibility index (Phi) is 9.92. The lowest BCUT2D eigenvalue weighted by Crippen LogP contribution is -2.40. The van der Waals surface area contributed by atoms with E-state index in [0.717, 1.165) is 31.0 Å². The van der Waals surface area contributed by atoms with Crippen LogP contribution in [0.25, 0.3) is 0 Å². The van der Waals surface area contributed by atoms with Crippen molar-refractivity contribution < 1.29 is 23.4 Å². The molecule has 0 spiro atoms. The predicted octanol–water partition coefficient (Wildman–Crippen LogP) is 2.49. The van der Waals surface area contributed by atoms with Gasteiger partial charge in [-0.3, -0.25) is 4.99 Å². The van der Waals surface area contributed by atoms with E-state index in [1.807, 2.05) is 11.8 Å². The molecule has 26 heavy (non-hydrogen) atoms. The molecular weight excluding hydrogens is 459 g/mol. The molecule has 0 amide bonds. The fraction of sp³-hybridized carbons (Fsp3) is 0.588. The molecule has 0 aromatic heterocycles. The highest BCUT2D eigenvalue weighted by atomic mass is 127. The molecule has 1 saturated heterocycles. The number of benzene rings is 1. The molecule has 1 atom stereocenters. The number of nitrogens with zero attached hydrogens (tertiary/aromatic N) is 2. The van der Waals surface area contributed by atoms with Crippen molar-refractivity contribution >= 4 is 29.9 Å². The number of aliphatic imine (C=N–C) groups is 1. The molecule has 0 aliphatic carbocycles. The maximum absolute atomic E-state index is 12.5. The first-order valence-corrected chi connectivity index (χ1v) is 8.36. The zero-order chi connectivity index (χ0) is 18.2. The summed E-state index contributed by atoms with van der Waals surface area (Å²) >= 11 is 0. The van der Waals surface area contributed by atoms with Crippen LogP contribution >= 0.6 is 24.0 Å². The first-order chi connectivity index (χ1) is 12.0. The summed E-state index contributed by atoms with van der Waals surface area (Å²) in [6, 6.07) is 4.96. The maximum Gasteiger partial charge on any atom is 0.387 e. The number of rotatable bonds is 7. The number of ether oxygens (including phenoxy) is 2. The highest BCUT2D eigenvalue weighted by molar-refractivity contribution is 14.0. The van der Waals surface area contributed by atoms with Crippen LogP contribution in [0.2, 0.25) is 0 Å². The summed E-state index contributed by atoms with van der Waals surface area (Å²) in [5.74, 6) is 1.05. The van der Waals surface area contributed by atoms with E-state index in [9.17, 15) is 13.9 Å². The van der Waals surface area contributed by atoms with Crippen molar-refractivity contribution in [2.24, 2.45) is 4.99 Å². The molecular formula is C17H26F2IN3O3. The number of aliphatic hydroxyl groups excluding tert-OH is 1. The van der Waals surface area contributed by atoms with E-state index in [1.165, 1.54) is 7.11 Å². The van der Waals surface area contributed by atoms with Crippen molar-refractivity contribution in [3.05, 3.63) is 23.8 Å². The summed E-state index contributed by atoms with van der Waals surface area (Å²) in [7, 11) is 1.41. The van der Waals surface area contributed by atoms with Crippen LogP contribution in [0.4, 0.5) is 8.78 Å². The molecule has 1 aromatic carbocycles. The van der Waals surface area contributed by atoms with Gasteiger partial charge >= 0.3 is 6.61 Å². The molecule has 6 nitrogen and oxygen atoms in total. The van der Waals surface area contributed by atoms with Gasteiger partial charge in [0, 0.05) is 26.2 Å². The van der Waals surface area contributed by atoms with E-state index in [1.54, 1.807) is 18.2 Å². The van der Waals surface area contributed by atoms with Crippen molar-refractivity contribution in [1.29, 1.82) is 0 Å². The molecule has 0 bridgehead atoms. The topological polar surface area (TPSA) is 66.3 Å². The van der Waals surface area contributed by atoms with Crippen LogP contribution in [0.1, 0.15) is 18.9 Å². The van der Waals surface area contributed by atoms with Gasteiger partial charge in [-0.05, 0) is 37.5 Å². The average molecular weight is 485 g/mol. The standard InChI is InChI=1S/C17H25F2N3O3.HI/c1-3-20-17(22-9-7-13(23)11-22)21-8-6-12-4-5-14(24-2)15(10-12)25-16(18)19;/h4-5,10,13,16,23H,3,6-9,11H2,1-2H3,(H,20,21);1H/t13-;/m1./s1. The summed E-state index contributed by atoms with van der Waals surface area (Å²) in [5.41, 5.74) is 0.831. The number of alkyl halides is 2. The molecule has 0 radical (unpaired) electrons. The van der Waals surface area contributed by atoms with Crippen molar-refractivity contribution in [2.45, 2.75) is 32.5 Å². The molecule has 2 rings (SSSR count). The smallest absolute Gasteiger partial charge is 0.387 e. The molecule has 0 saturated carbocycles. The van der Waals surface area contributed by atoms with Gasteiger partial charge < -0.3 is 24.8 Å². The summed E-state index contributed by atoms with van der Waals surface area (Å²) in [6.45, 7) is 1.65. The molecule has 0 unspecified atom stereocenters. The number of methoxy groups -OCH3 is 1. The van der Waals surface area contributed by atoms with Crippen molar-refractivity contribution in [3.63, 3.8) is 0 Å². The fourth-order valence-electron chi connectivity index (χ4n) is 2.72. The highest BCUT2D eigenvalue weighted by Gasteiger charge is 2.22. The van der Waals surface area contributed by atoms with E-state index < -0.39 is 6.61 Å². The molecule has 1 heterocycles. The number of likely N-dealkylation sites (tertiary alicyclic amines) is 1. The summed E-state index contributed by atoms with van der Waals surface area (Å²) in [4.78, 5) is 6.58. The zero-order valence-electron chi connectivity index (χ0n) is 15.0. The highest BCUT2D eigenvalue weighted by Crippen LogP contribution is 2.29. The van der Waals surface area contributed by atoms with Crippen LogP contribution in [0.15, 0.2) is 23.2 Å². The second kappa shape index (κ2) is 11.4. The van der Waals surface area contributed by atoms with E-state index in [0.29, 0.717) is 19.5 Å². The van der Waals surface area contributed by atoms with Crippen LogP contribution in [0.3, 0.4) is 0 Å². The minimum atomic E-state index is -2.90. The van der Waals surface area contributed by atoms with Crippen LogP contribution in [-0.2, 0) is 6.42 Å². The Hall–Kier alpha value is -1.36. The normalized spacial score (nSPS) is 17.2. The van der Waals surface area contributed by atoms with Gasteiger partial charge in [-0.2, -0.15) is 8.78 Å². The molecule has 1 aliphatic rings. The molecule has 9 heteroatoms. The molecule has 2 N–H and O–H groups in total. The van der Waals surface area contributed by atoms with Gasteiger partial charge in [-0.25, -0.2) is 0 Å². The van der Waals surface area contributed by atoms with Gasteiger partial charge in [0.05, 0.1) is 13.2 Å². The van der Waals surface area contributed by atoms with Crippen LogP contribution in [0.5, 0.6) is 11.5 Å². The molecule has 1 aliphatic heterocycles. The Morgan fingerprint density at radius 2 is 2.19 bits per heavy atom. The second-order valence-corrected chi connectivity index (χ2v) is 5.74. The predicted molar refractivity (Wildman–Crippen MR) is 107 cm³/mol. The summed E-state index contributed by atoms with van der Waals surface area (Å²) < 4.78 is 34.5. The Labute approximate surface area is 169 Å². The van der Waals surface area contributed by atoms with Crippen molar-refractivity contribution in [3.8, 4) is 11.5 Å². The lowest BCUT2D eigenvalue weighted by atomic mass is 10.1. The summed E-state index contributed by atoms with van der Waals surface area (Å²) in [6.07, 6.45) is 0.992. The van der Waals surface area contributed by atoms with Gasteiger partial charge in [-0.15, -0.1) is 24.0 Å². The largest absolute Gasteiger partial charge is 0.493 e. The van der Waals surface area contributed by atoms with E-state index >= 15 is 0 Å². The van der Waals surface area contributed by atoms with E-state index in [4.69, 9.17) is 4.74 Å². The Balaban J connectivity index is 0.00000338. The number of β-amino-alcohol motifs (C(OH)–C–C–N with tert-alkyl or cyclic N) is 1. The van der Waals surface area contributed by atoms with E-state index in [2.05, 4.69) is 15.0 Å². The molecule has 148 valence electrons. The number of hydrogen-bond donors (Lipinski definition) is 2. The van der Waals surface area contributed by atoms with Gasteiger partial charge in [-0.1, -0.05) is 6.07 Å². The summed E-state index contributed by atoms with van der Waals surface area (Å²) in [5, 5.41) is 12.9. The lowest BCUT2D eigenvalue weighted by molar-refractivity contribution is -0.0512. The third-order valence-electron chi connectivity index (χ3n) is 3.90. The van der Waals surface area contributed by atoms with Crippen LogP contribution in [-0.4, -0.2) is 62.0 Å². The average Bonchev–Trinajstić information content (AvgIpc) is 3.00.